The Labute approximate surface area is 68.7 Å². The lowest BCUT2D eigenvalue weighted by molar-refractivity contribution is 0.129. The van der Waals surface area contributed by atoms with E-state index in [1.54, 1.807) is 7.11 Å². The number of nitrogens with one attached hydrogen (secondary N) is 1. The van der Waals surface area contributed by atoms with E-state index < -0.39 is 0 Å². The summed E-state index contributed by atoms with van der Waals surface area (Å²) in [5.41, 5.74) is 0. The smallest absolute Gasteiger partial charge is 0.0589 e. The second kappa shape index (κ2) is 4.70. The molecule has 0 bridgehead atoms. The molecule has 1 aliphatic rings. The molecule has 0 unspecified atom stereocenters. The van der Waals surface area contributed by atoms with Gasteiger partial charge in [0.1, 0.15) is 0 Å². The molecule has 1 heterocycles. The van der Waals surface area contributed by atoms with Crippen LogP contribution in [0.3, 0.4) is 0 Å². The average molecular weight is 158 g/mol. The number of ether oxygens (including phenoxy) is 1. The van der Waals surface area contributed by atoms with Gasteiger partial charge < -0.3 is 10.1 Å². The molecule has 66 valence electrons. The van der Waals surface area contributed by atoms with Crippen molar-refractivity contribution in [2.45, 2.75) is 13.0 Å². The molecular weight excluding hydrogens is 140 g/mol. The van der Waals surface area contributed by atoms with Crippen LogP contribution in [0.2, 0.25) is 0 Å². The van der Waals surface area contributed by atoms with Gasteiger partial charge in [-0.3, -0.25) is 4.90 Å². The Morgan fingerprint density at radius 1 is 1.64 bits per heavy atom. The highest BCUT2D eigenvalue weighted by molar-refractivity contribution is 4.74. The Morgan fingerprint density at radius 3 is 3.09 bits per heavy atom. The van der Waals surface area contributed by atoms with Crippen molar-refractivity contribution < 1.29 is 4.74 Å². The third kappa shape index (κ3) is 3.18. The van der Waals surface area contributed by atoms with E-state index in [0.717, 1.165) is 32.8 Å². The zero-order valence-electron chi connectivity index (χ0n) is 7.47. The van der Waals surface area contributed by atoms with Crippen LogP contribution in [0.4, 0.5) is 0 Å². The molecule has 3 nitrogen and oxygen atoms in total. The molecule has 0 radical (unpaired) electrons. The van der Waals surface area contributed by atoms with Gasteiger partial charge in [-0.15, -0.1) is 0 Å². The minimum absolute atomic E-state index is 0.639. The van der Waals surface area contributed by atoms with Crippen molar-refractivity contribution in [3.63, 3.8) is 0 Å². The number of hydrogen-bond acceptors (Lipinski definition) is 3. The average Bonchev–Trinajstić information content (AvgIpc) is 2.01. The first-order valence-corrected chi connectivity index (χ1v) is 4.27. The van der Waals surface area contributed by atoms with Crippen LogP contribution in [0.25, 0.3) is 0 Å². The summed E-state index contributed by atoms with van der Waals surface area (Å²) in [5, 5.41) is 3.41. The van der Waals surface area contributed by atoms with E-state index in [2.05, 4.69) is 17.1 Å². The van der Waals surface area contributed by atoms with Crippen molar-refractivity contribution in [1.29, 1.82) is 0 Å². The lowest BCUT2D eigenvalue weighted by Crippen LogP contribution is -2.49. The lowest BCUT2D eigenvalue weighted by Gasteiger charge is -2.31. The van der Waals surface area contributed by atoms with Crippen LogP contribution in [-0.4, -0.2) is 50.8 Å². The highest BCUT2D eigenvalue weighted by atomic mass is 16.5. The number of rotatable bonds is 3. The summed E-state index contributed by atoms with van der Waals surface area (Å²) >= 11 is 0. The fourth-order valence-electron chi connectivity index (χ4n) is 1.44. The molecule has 0 aromatic heterocycles. The zero-order chi connectivity index (χ0) is 8.10. The van der Waals surface area contributed by atoms with E-state index in [-0.39, 0.29) is 0 Å². The summed E-state index contributed by atoms with van der Waals surface area (Å²) in [6, 6.07) is 0.639. The van der Waals surface area contributed by atoms with Crippen molar-refractivity contribution in [2.75, 3.05) is 39.9 Å². The largest absolute Gasteiger partial charge is 0.383 e. The standard InChI is InChI=1S/C8H18N2O/c1-8-7-10(4-3-9-8)5-6-11-2/h8-9H,3-7H2,1-2H3/t8-/m0/s1. The van der Waals surface area contributed by atoms with Gasteiger partial charge >= 0.3 is 0 Å². The van der Waals surface area contributed by atoms with Gasteiger partial charge in [0.25, 0.3) is 0 Å². The predicted molar refractivity (Wildman–Crippen MR) is 45.8 cm³/mol. The normalized spacial score (nSPS) is 27.3. The van der Waals surface area contributed by atoms with E-state index >= 15 is 0 Å². The summed E-state index contributed by atoms with van der Waals surface area (Å²) in [5.74, 6) is 0. The maximum absolute atomic E-state index is 5.02. The van der Waals surface area contributed by atoms with Crippen LogP contribution >= 0.6 is 0 Å². The first kappa shape index (κ1) is 8.97. The van der Waals surface area contributed by atoms with Gasteiger partial charge in [0.2, 0.25) is 0 Å². The van der Waals surface area contributed by atoms with Gasteiger partial charge in [-0.2, -0.15) is 0 Å². The molecular formula is C8H18N2O. The van der Waals surface area contributed by atoms with E-state index in [1.807, 2.05) is 0 Å². The highest BCUT2D eigenvalue weighted by Gasteiger charge is 2.13. The summed E-state index contributed by atoms with van der Waals surface area (Å²) in [6.45, 7) is 7.58. The van der Waals surface area contributed by atoms with Gasteiger partial charge in [0.15, 0.2) is 0 Å². The Hall–Kier alpha value is -0.120. The molecule has 0 saturated carbocycles. The monoisotopic (exact) mass is 158 g/mol. The van der Waals surface area contributed by atoms with Gasteiger partial charge in [-0.25, -0.2) is 0 Å². The van der Waals surface area contributed by atoms with Crippen LogP contribution in [0.15, 0.2) is 0 Å². The lowest BCUT2D eigenvalue weighted by atomic mass is 10.2. The van der Waals surface area contributed by atoms with E-state index in [0.29, 0.717) is 6.04 Å². The number of nitrogens with zero attached hydrogens (tertiary/aromatic N) is 1. The van der Waals surface area contributed by atoms with Crippen LogP contribution in [0.1, 0.15) is 6.92 Å². The highest BCUT2D eigenvalue weighted by Crippen LogP contribution is 1.96. The molecule has 1 saturated heterocycles. The van der Waals surface area contributed by atoms with Crippen LogP contribution in [-0.2, 0) is 4.74 Å². The van der Waals surface area contributed by atoms with Crippen molar-refractivity contribution in [3.8, 4) is 0 Å². The molecule has 0 amide bonds. The van der Waals surface area contributed by atoms with Crippen LogP contribution in [0, 0.1) is 0 Å². The van der Waals surface area contributed by atoms with E-state index in [4.69, 9.17) is 4.74 Å². The van der Waals surface area contributed by atoms with Crippen molar-refractivity contribution in [3.05, 3.63) is 0 Å². The Morgan fingerprint density at radius 2 is 2.45 bits per heavy atom. The summed E-state index contributed by atoms with van der Waals surface area (Å²) in [4.78, 5) is 2.44. The number of piperazine rings is 1. The number of methoxy groups -OCH3 is 1. The third-order valence-electron chi connectivity index (χ3n) is 2.06. The summed E-state index contributed by atoms with van der Waals surface area (Å²) in [7, 11) is 1.76. The molecule has 0 spiro atoms. The van der Waals surface area contributed by atoms with Gasteiger partial charge in [-0.05, 0) is 6.92 Å². The minimum Gasteiger partial charge on any atom is -0.383 e. The van der Waals surface area contributed by atoms with E-state index in [1.165, 1.54) is 0 Å². The second-order valence-electron chi connectivity index (χ2n) is 3.15. The Bertz CT molecular complexity index is 108. The molecule has 1 aliphatic heterocycles. The quantitative estimate of drug-likeness (QED) is 0.622. The predicted octanol–water partition coefficient (Wildman–Crippen LogP) is -0.0735. The first-order valence-electron chi connectivity index (χ1n) is 4.27. The molecule has 11 heavy (non-hydrogen) atoms. The van der Waals surface area contributed by atoms with E-state index in [9.17, 15) is 0 Å². The molecule has 1 fully saturated rings. The van der Waals surface area contributed by atoms with Crippen LogP contribution < -0.4 is 5.32 Å². The maximum atomic E-state index is 5.02. The summed E-state index contributed by atoms with van der Waals surface area (Å²) in [6.07, 6.45) is 0. The van der Waals surface area contributed by atoms with Gasteiger partial charge in [-0.1, -0.05) is 0 Å². The van der Waals surface area contributed by atoms with Crippen LogP contribution in [0.5, 0.6) is 0 Å². The SMILES string of the molecule is COCCN1CCN[C@@H](C)C1. The molecule has 1 atom stereocenters. The zero-order valence-corrected chi connectivity index (χ0v) is 7.47. The fraction of sp³-hybridized carbons (Fsp3) is 1.00. The fourth-order valence-corrected chi connectivity index (χ4v) is 1.44. The second-order valence-corrected chi connectivity index (χ2v) is 3.15. The van der Waals surface area contributed by atoms with Crippen molar-refractivity contribution in [1.82, 2.24) is 10.2 Å². The number of hydrogen-bond donors (Lipinski definition) is 1. The van der Waals surface area contributed by atoms with Crippen molar-refractivity contribution >= 4 is 0 Å². The maximum Gasteiger partial charge on any atom is 0.0589 e. The minimum atomic E-state index is 0.639. The molecule has 3 heteroatoms. The summed E-state index contributed by atoms with van der Waals surface area (Å²) < 4.78 is 5.02. The topological polar surface area (TPSA) is 24.5 Å². The van der Waals surface area contributed by atoms with Gasteiger partial charge in [0, 0.05) is 39.3 Å². The van der Waals surface area contributed by atoms with Gasteiger partial charge in [0.05, 0.1) is 6.61 Å². The Balaban J connectivity index is 2.12. The van der Waals surface area contributed by atoms with Crippen molar-refractivity contribution in [2.24, 2.45) is 0 Å². The molecule has 1 rings (SSSR count). The molecule has 0 aromatic rings. The molecule has 1 N–H and O–H groups in total. The Kier molecular flexibility index (Phi) is 3.83. The molecule has 0 aliphatic carbocycles. The first-order chi connectivity index (χ1) is 5.33. The molecule has 0 aromatic carbocycles. The third-order valence-corrected chi connectivity index (χ3v) is 2.06.